The zero-order chi connectivity index (χ0) is 20.3. The molecular weight excluding hydrogens is 383 g/mol. The summed E-state index contributed by atoms with van der Waals surface area (Å²) in [5.41, 5.74) is 0.981. The molecule has 2 aliphatic rings. The van der Waals surface area contributed by atoms with Gasteiger partial charge in [-0.05, 0) is 37.5 Å². The Labute approximate surface area is 164 Å². The van der Waals surface area contributed by atoms with Crippen LogP contribution in [0.15, 0.2) is 46.9 Å². The standard InChI is InChI=1S/C19H23FN4O3S/c1-3-10-21-19(25)22-16-8-11-24(12-9-16)18-13(2)17(28(26,27)23-18)14-4-6-15(20)7-5-14/h3-7,16H,1,8-12H2,2H3,(H2,21,22,25). The number of carbonyl (C=O) groups excluding carboxylic acids is 1. The molecule has 0 saturated carbocycles. The third-order valence-electron chi connectivity index (χ3n) is 4.78. The van der Waals surface area contributed by atoms with Crippen LogP contribution in [0.3, 0.4) is 0 Å². The number of amides is 2. The van der Waals surface area contributed by atoms with Crippen LogP contribution in [0.25, 0.3) is 4.91 Å². The van der Waals surface area contributed by atoms with Crippen LogP contribution in [0, 0.1) is 5.82 Å². The van der Waals surface area contributed by atoms with Crippen LogP contribution in [0.4, 0.5) is 9.18 Å². The Kier molecular flexibility index (Phi) is 5.83. The van der Waals surface area contributed by atoms with E-state index in [2.05, 4.69) is 21.6 Å². The number of hydrogen-bond donors (Lipinski definition) is 2. The van der Waals surface area contributed by atoms with Crippen molar-refractivity contribution in [3.8, 4) is 0 Å². The van der Waals surface area contributed by atoms with Gasteiger partial charge in [0.05, 0.1) is 0 Å². The first kappa shape index (κ1) is 20.1. The summed E-state index contributed by atoms with van der Waals surface area (Å²) in [4.78, 5) is 13.8. The van der Waals surface area contributed by atoms with Crippen LogP contribution < -0.4 is 10.6 Å². The van der Waals surface area contributed by atoms with Gasteiger partial charge in [0.1, 0.15) is 16.6 Å². The molecule has 7 nitrogen and oxygen atoms in total. The highest BCUT2D eigenvalue weighted by atomic mass is 32.2. The van der Waals surface area contributed by atoms with E-state index in [1.54, 1.807) is 13.0 Å². The van der Waals surface area contributed by atoms with Gasteiger partial charge < -0.3 is 15.5 Å². The maximum atomic E-state index is 13.2. The molecule has 1 aromatic carbocycles. The van der Waals surface area contributed by atoms with Crippen molar-refractivity contribution >= 4 is 26.8 Å². The number of sulfonamides is 1. The molecule has 0 atom stereocenters. The van der Waals surface area contributed by atoms with Gasteiger partial charge in [0.15, 0.2) is 0 Å². The summed E-state index contributed by atoms with van der Waals surface area (Å²) in [5, 5.41) is 5.57. The number of nitrogens with one attached hydrogen (secondary N) is 2. The minimum atomic E-state index is -3.83. The smallest absolute Gasteiger partial charge is 0.315 e. The van der Waals surface area contributed by atoms with E-state index in [9.17, 15) is 17.6 Å². The van der Waals surface area contributed by atoms with Gasteiger partial charge in [0.2, 0.25) is 0 Å². The van der Waals surface area contributed by atoms with Gasteiger partial charge in [-0.15, -0.1) is 11.0 Å². The molecule has 2 aliphatic heterocycles. The van der Waals surface area contributed by atoms with E-state index in [-0.39, 0.29) is 17.0 Å². The highest BCUT2D eigenvalue weighted by Crippen LogP contribution is 2.34. The molecule has 1 saturated heterocycles. The number of amidine groups is 1. The number of likely N-dealkylation sites (tertiary alicyclic amines) is 1. The summed E-state index contributed by atoms with van der Waals surface area (Å²) in [6.07, 6.45) is 2.97. The second kappa shape index (κ2) is 8.14. The monoisotopic (exact) mass is 406 g/mol. The van der Waals surface area contributed by atoms with Gasteiger partial charge in [-0.1, -0.05) is 18.2 Å². The van der Waals surface area contributed by atoms with E-state index in [1.165, 1.54) is 24.3 Å². The number of urea groups is 1. The van der Waals surface area contributed by atoms with Crippen molar-refractivity contribution in [2.75, 3.05) is 19.6 Å². The fourth-order valence-electron chi connectivity index (χ4n) is 3.42. The number of halogens is 1. The zero-order valence-electron chi connectivity index (χ0n) is 15.6. The van der Waals surface area contributed by atoms with Crippen molar-refractivity contribution in [2.24, 2.45) is 4.40 Å². The molecular formula is C19H23FN4O3S. The average molecular weight is 406 g/mol. The number of nitrogens with zero attached hydrogens (tertiary/aromatic N) is 2. The Hall–Kier alpha value is -2.68. The first-order valence-corrected chi connectivity index (χ1v) is 10.5. The summed E-state index contributed by atoms with van der Waals surface area (Å²) in [6.45, 7) is 6.82. The van der Waals surface area contributed by atoms with Crippen LogP contribution in [0.1, 0.15) is 25.3 Å². The van der Waals surface area contributed by atoms with Crippen LogP contribution in [0.2, 0.25) is 0 Å². The summed E-state index contributed by atoms with van der Waals surface area (Å²) in [7, 11) is -3.83. The first-order valence-electron chi connectivity index (χ1n) is 9.04. The molecule has 0 radical (unpaired) electrons. The molecule has 0 spiro atoms. The summed E-state index contributed by atoms with van der Waals surface area (Å²) < 4.78 is 42.3. The highest BCUT2D eigenvalue weighted by molar-refractivity contribution is 8.00. The first-order chi connectivity index (χ1) is 13.3. The van der Waals surface area contributed by atoms with E-state index < -0.39 is 15.8 Å². The Morgan fingerprint density at radius 3 is 2.57 bits per heavy atom. The number of benzene rings is 1. The van der Waals surface area contributed by atoms with Crippen molar-refractivity contribution < 1.29 is 17.6 Å². The van der Waals surface area contributed by atoms with E-state index in [0.29, 0.717) is 49.4 Å². The molecule has 0 unspecified atom stereocenters. The molecule has 2 N–H and O–H groups in total. The second-order valence-electron chi connectivity index (χ2n) is 6.76. The number of hydrogen-bond acceptors (Lipinski definition) is 4. The van der Waals surface area contributed by atoms with E-state index in [1.807, 2.05) is 4.90 Å². The summed E-state index contributed by atoms with van der Waals surface area (Å²) in [6, 6.07) is 5.13. The molecule has 0 aromatic heterocycles. The number of carbonyl (C=O) groups is 1. The van der Waals surface area contributed by atoms with Crippen LogP contribution in [0.5, 0.6) is 0 Å². The molecule has 9 heteroatoms. The largest absolute Gasteiger partial charge is 0.356 e. The minimum Gasteiger partial charge on any atom is -0.356 e. The lowest BCUT2D eigenvalue weighted by atomic mass is 10.0. The van der Waals surface area contributed by atoms with Gasteiger partial charge in [0, 0.05) is 31.2 Å². The molecule has 3 rings (SSSR count). The maximum absolute atomic E-state index is 13.2. The van der Waals surface area contributed by atoms with E-state index >= 15 is 0 Å². The Morgan fingerprint density at radius 1 is 1.32 bits per heavy atom. The Bertz CT molecular complexity index is 930. The predicted molar refractivity (Wildman–Crippen MR) is 107 cm³/mol. The van der Waals surface area contributed by atoms with Crippen LogP contribution >= 0.6 is 0 Å². The van der Waals surface area contributed by atoms with Crippen molar-refractivity contribution in [3.63, 3.8) is 0 Å². The van der Waals surface area contributed by atoms with Gasteiger partial charge in [-0.25, -0.2) is 9.18 Å². The lowest BCUT2D eigenvalue weighted by Gasteiger charge is -2.33. The highest BCUT2D eigenvalue weighted by Gasteiger charge is 2.35. The molecule has 150 valence electrons. The maximum Gasteiger partial charge on any atom is 0.315 e. The van der Waals surface area contributed by atoms with Crippen LogP contribution in [-0.2, 0) is 10.0 Å². The lowest BCUT2D eigenvalue weighted by Crippen LogP contribution is -2.49. The van der Waals surface area contributed by atoms with Crippen molar-refractivity contribution in [2.45, 2.75) is 25.8 Å². The average Bonchev–Trinajstić information content (AvgIpc) is 2.90. The predicted octanol–water partition coefficient (Wildman–Crippen LogP) is 2.25. The molecule has 1 fully saturated rings. The third-order valence-corrected chi connectivity index (χ3v) is 6.25. The SMILES string of the molecule is C=CCNC(=O)NC1CCN(C2=NS(=O)(=O)C(c3ccc(F)cc3)=C2C)CC1. The van der Waals surface area contributed by atoms with E-state index in [4.69, 9.17) is 0 Å². The quantitative estimate of drug-likeness (QED) is 0.751. The normalized spacial score (nSPS) is 19.4. The zero-order valence-corrected chi connectivity index (χ0v) is 16.4. The topological polar surface area (TPSA) is 90.9 Å². The Morgan fingerprint density at radius 2 is 1.96 bits per heavy atom. The molecule has 2 heterocycles. The van der Waals surface area contributed by atoms with Crippen LogP contribution in [-0.4, -0.2) is 50.9 Å². The van der Waals surface area contributed by atoms with Crippen molar-refractivity contribution in [1.29, 1.82) is 0 Å². The minimum absolute atomic E-state index is 0.0144. The Balaban J connectivity index is 1.70. The second-order valence-corrected chi connectivity index (χ2v) is 8.30. The van der Waals surface area contributed by atoms with Crippen molar-refractivity contribution in [1.82, 2.24) is 15.5 Å². The number of rotatable bonds is 4. The number of piperidine rings is 1. The third kappa shape index (κ3) is 4.24. The molecule has 2 amide bonds. The summed E-state index contributed by atoms with van der Waals surface area (Å²) in [5.74, 6) is -0.000812. The molecule has 1 aromatic rings. The van der Waals surface area contributed by atoms with Crippen molar-refractivity contribution in [3.05, 3.63) is 53.9 Å². The molecule has 0 aliphatic carbocycles. The lowest BCUT2D eigenvalue weighted by molar-refractivity contribution is 0.227. The van der Waals surface area contributed by atoms with Gasteiger partial charge in [-0.3, -0.25) is 0 Å². The fourth-order valence-corrected chi connectivity index (χ4v) is 4.91. The van der Waals surface area contributed by atoms with E-state index in [0.717, 1.165) is 0 Å². The molecule has 28 heavy (non-hydrogen) atoms. The summed E-state index contributed by atoms with van der Waals surface area (Å²) >= 11 is 0. The fraction of sp³-hybridized carbons (Fsp3) is 0.368. The molecule has 0 bridgehead atoms. The van der Waals surface area contributed by atoms with Gasteiger partial charge in [0.25, 0.3) is 10.0 Å². The van der Waals surface area contributed by atoms with Gasteiger partial charge >= 0.3 is 6.03 Å². The van der Waals surface area contributed by atoms with Gasteiger partial charge in [-0.2, -0.15) is 8.42 Å².